The van der Waals surface area contributed by atoms with E-state index in [0.717, 1.165) is 51.5 Å². The number of halogens is 3. The highest BCUT2D eigenvalue weighted by atomic mass is 79.9. The number of aliphatic imine (C=N–C) groups is 1. The molecule has 8 heteroatoms. The van der Waals surface area contributed by atoms with Crippen LogP contribution in [0.2, 0.25) is 0 Å². The molecule has 1 saturated carbocycles. The van der Waals surface area contributed by atoms with Crippen molar-refractivity contribution in [2.75, 3.05) is 0 Å². The summed E-state index contributed by atoms with van der Waals surface area (Å²) in [6, 6.07) is 20.3. The molecule has 1 saturated heterocycles. The third kappa shape index (κ3) is 6.36. The third-order valence-electron chi connectivity index (χ3n) is 6.41. The van der Waals surface area contributed by atoms with Crippen molar-refractivity contribution in [3.05, 3.63) is 97.5 Å². The van der Waals surface area contributed by atoms with E-state index in [0.29, 0.717) is 16.7 Å². The Hall–Kier alpha value is -2.42. The fraction of sp³-hybridized carbons (Fsp3) is 0.241. The van der Waals surface area contributed by atoms with Crippen LogP contribution in [0.4, 0.5) is 10.1 Å². The number of amidine groups is 1. The maximum Gasteiger partial charge on any atom is 0.267 e. The molecule has 0 radical (unpaired) electrons. The Kier molecular flexibility index (Phi) is 8.47. The van der Waals surface area contributed by atoms with Gasteiger partial charge in [-0.3, -0.25) is 9.69 Å². The number of carbonyl (C=O) groups is 1. The fourth-order valence-corrected chi connectivity index (χ4v) is 6.32. The third-order valence-corrected chi connectivity index (χ3v) is 8.54. The first kappa shape index (κ1) is 26.2. The van der Waals surface area contributed by atoms with Crippen molar-refractivity contribution in [2.45, 2.75) is 44.8 Å². The van der Waals surface area contributed by atoms with Crippen LogP contribution in [-0.2, 0) is 11.4 Å². The number of benzene rings is 3. The average molecular weight is 644 g/mol. The van der Waals surface area contributed by atoms with Gasteiger partial charge in [0.15, 0.2) is 5.17 Å². The number of thioether (sulfide) groups is 1. The molecule has 0 aromatic heterocycles. The molecule has 1 aliphatic heterocycles. The van der Waals surface area contributed by atoms with Gasteiger partial charge in [-0.05, 0) is 94.1 Å². The number of ether oxygens (including phenoxy) is 1. The monoisotopic (exact) mass is 642 g/mol. The van der Waals surface area contributed by atoms with Gasteiger partial charge < -0.3 is 4.74 Å². The quantitative estimate of drug-likeness (QED) is 0.252. The molecule has 1 heterocycles. The van der Waals surface area contributed by atoms with Gasteiger partial charge in [-0.1, -0.05) is 65.5 Å². The molecule has 4 nitrogen and oxygen atoms in total. The first-order chi connectivity index (χ1) is 18.0. The van der Waals surface area contributed by atoms with Crippen LogP contribution in [0, 0.1) is 5.82 Å². The minimum atomic E-state index is -0.397. The SMILES string of the molecule is O=C1/C(=C/c2ccc(OCc3ccc(Br)cc3)c(Br)c2)SC(=Nc2ccccc2F)N1C1CCCCC1. The molecule has 1 amide bonds. The largest absolute Gasteiger partial charge is 0.488 e. The predicted molar refractivity (Wildman–Crippen MR) is 155 cm³/mol. The Morgan fingerprint density at radius 2 is 1.78 bits per heavy atom. The second-order valence-electron chi connectivity index (χ2n) is 9.03. The summed E-state index contributed by atoms with van der Waals surface area (Å²) >= 11 is 8.36. The highest BCUT2D eigenvalue weighted by Gasteiger charge is 2.38. The smallest absolute Gasteiger partial charge is 0.267 e. The first-order valence-electron chi connectivity index (χ1n) is 12.2. The number of nitrogens with zero attached hydrogens (tertiary/aromatic N) is 2. The van der Waals surface area contributed by atoms with Crippen LogP contribution in [0.1, 0.15) is 43.2 Å². The number of hydrogen-bond acceptors (Lipinski definition) is 4. The zero-order valence-electron chi connectivity index (χ0n) is 20.0. The van der Waals surface area contributed by atoms with Crippen molar-refractivity contribution < 1.29 is 13.9 Å². The molecular weight excluding hydrogens is 619 g/mol. The topological polar surface area (TPSA) is 41.9 Å². The van der Waals surface area contributed by atoms with Crippen LogP contribution in [0.25, 0.3) is 6.08 Å². The molecule has 1 aliphatic carbocycles. The van der Waals surface area contributed by atoms with Gasteiger partial charge >= 0.3 is 0 Å². The molecule has 0 bridgehead atoms. The Morgan fingerprint density at radius 3 is 2.51 bits per heavy atom. The van der Waals surface area contributed by atoms with Crippen molar-refractivity contribution in [3.8, 4) is 5.75 Å². The van der Waals surface area contributed by atoms with E-state index >= 15 is 0 Å². The fourth-order valence-electron chi connectivity index (χ4n) is 4.49. The highest BCUT2D eigenvalue weighted by molar-refractivity contribution is 9.10. The molecule has 2 aliphatic rings. The Balaban J connectivity index is 1.38. The molecular formula is C29H25Br2FN2O2S. The van der Waals surface area contributed by atoms with Crippen molar-refractivity contribution in [1.29, 1.82) is 0 Å². The molecule has 0 N–H and O–H groups in total. The van der Waals surface area contributed by atoms with Crippen LogP contribution in [-0.4, -0.2) is 22.0 Å². The van der Waals surface area contributed by atoms with Gasteiger partial charge in [0.1, 0.15) is 23.9 Å². The van der Waals surface area contributed by atoms with Gasteiger partial charge in [0.2, 0.25) is 0 Å². The van der Waals surface area contributed by atoms with Crippen molar-refractivity contribution in [1.82, 2.24) is 4.90 Å². The Morgan fingerprint density at radius 1 is 1.03 bits per heavy atom. The molecule has 0 atom stereocenters. The summed E-state index contributed by atoms with van der Waals surface area (Å²) in [4.78, 5) is 20.5. The van der Waals surface area contributed by atoms with Gasteiger partial charge in [-0.15, -0.1) is 0 Å². The molecule has 3 aromatic carbocycles. The Labute approximate surface area is 237 Å². The van der Waals surface area contributed by atoms with E-state index in [9.17, 15) is 9.18 Å². The highest BCUT2D eigenvalue weighted by Crippen LogP contribution is 2.39. The average Bonchev–Trinajstić information content (AvgIpc) is 3.20. The summed E-state index contributed by atoms with van der Waals surface area (Å²) < 4.78 is 22.2. The zero-order chi connectivity index (χ0) is 25.8. The normalized spacial score (nSPS) is 18.7. The number of amides is 1. The van der Waals surface area contributed by atoms with Crippen molar-refractivity contribution >= 4 is 66.5 Å². The molecule has 0 unspecified atom stereocenters. The summed E-state index contributed by atoms with van der Waals surface area (Å²) in [5.41, 5.74) is 2.18. The molecule has 190 valence electrons. The molecule has 37 heavy (non-hydrogen) atoms. The maximum atomic E-state index is 14.4. The van der Waals surface area contributed by atoms with Crippen LogP contribution in [0.5, 0.6) is 5.75 Å². The van der Waals surface area contributed by atoms with Crippen LogP contribution < -0.4 is 4.74 Å². The van der Waals surface area contributed by atoms with E-state index in [1.807, 2.05) is 48.5 Å². The molecule has 0 spiro atoms. The van der Waals surface area contributed by atoms with E-state index in [1.165, 1.54) is 24.2 Å². The van der Waals surface area contributed by atoms with Gasteiger partial charge in [0.25, 0.3) is 5.91 Å². The van der Waals surface area contributed by atoms with E-state index in [1.54, 1.807) is 23.1 Å². The van der Waals surface area contributed by atoms with Crippen LogP contribution in [0.3, 0.4) is 0 Å². The molecule has 2 fully saturated rings. The maximum absolute atomic E-state index is 14.4. The van der Waals surface area contributed by atoms with Crippen molar-refractivity contribution in [2.24, 2.45) is 4.99 Å². The lowest BCUT2D eigenvalue weighted by atomic mass is 9.94. The molecule has 3 aromatic rings. The lowest BCUT2D eigenvalue weighted by molar-refractivity contribution is -0.124. The summed E-state index contributed by atoms with van der Waals surface area (Å²) in [5.74, 6) is 0.256. The second kappa shape index (κ2) is 12.0. The lowest BCUT2D eigenvalue weighted by Gasteiger charge is -2.30. The van der Waals surface area contributed by atoms with Crippen LogP contribution >= 0.6 is 43.6 Å². The summed E-state index contributed by atoms with van der Waals surface area (Å²) in [5, 5.41) is 0.543. The number of carbonyl (C=O) groups excluding carboxylic acids is 1. The second-order valence-corrected chi connectivity index (χ2v) is 11.8. The zero-order valence-corrected chi connectivity index (χ0v) is 24.0. The number of hydrogen-bond donors (Lipinski definition) is 0. The Bertz CT molecular complexity index is 1350. The summed E-state index contributed by atoms with van der Waals surface area (Å²) in [6.07, 6.45) is 7.09. The van der Waals surface area contributed by atoms with Gasteiger partial charge in [-0.25, -0.2) is 9.38 Å². The van der Waals surface area contributed by atoms with E-state index in [4.69, 9.17) is 4.74 Å². The van der Waals surface area contributed by atoms with Gasteiger partial charge in [0.05, 0.1) is 9.38 Å². The lowest BCUT2D eigenvalue weighted by Crippen LogP contribution is -2.40. The minimum Gasteiger partial charge on any atom is -0.488 e. The van der Waals surface area contributed by atoms with E-state index in [-0.39, 0.29) is 17.6 Å². The minimum absolute atomic E-state index is 0.0707. The first-order valence-corrected chi connectivity index (χ1v) is 14.6. The van der Waals surface area contributed by atoms with E-state index < -0.39 is 5.82 Å². The standard InChI is InChI=1S/C29H25Br2FN2O2S/c30-21-13-10-19(11-14-21)18-36-26-15-12-20(16-23(26)31)17-27-28(35)34(22-6-2-1-3-7-22)29(37-27)33-25-9-5-4-8-24(25)32/h4-5,8-17,22H,1-3,6-7,18H2/b27-17-,33-29?. The van der Waals surface area contributed by atoms with Gasteiger partial charge in [-0.2, -0.15) is 0 Å². The number of para-hydroxylation sites is 1. The van der Waals surface area contributed by atoms with Crippen molar-refractivity contribution in [3.63, 3.8) is 0 Å². The number of rotatable bonds is 6. The molecule has 5 rings (SSSR count). The van der Waals surface area contributed by atoms with Crippen LogP contribution in [0.15, 0.2) is 85.6 Å². The van der Waals surface area contributed by atoms with Gasteiger partial charge in [0, 0.05) is 10.5 Å². The summed E-state index contributed by atoms with van der Waals surface area (Å²) in [7, 11) is 0. The predicted octanol–water partition coefficient (Wildman–Crippen LogP) is 8.87. The summed E-state index contributed by atoms with van der Waals surface area (Å²) in [6.45, 7) is 0.451. The van der Waals surface area contributed by atoms with E-state index in [2.05, 4.69) is 36.9 Å².